The number of esters is 1. The maximum absolute atomic E-state index is 13.0. The molecular weight excluding hydrogens is 472 g/mol. The summed E-state index contributed by atoms with van der Waals surface area (Å²) in [6.07, 6.45) is 0.891. The highest BCUT2D eigenvalue weighted by atomic mass is 32.1. The number of benzene rings is 2. The second-order valence-corrected chi connectivity index (χ2v) is 10.1. The van der Waals surface area contributed by atoms with Gasteiger partial charge in [-0.05, 0) is 37.6 Å². The summed E-state index contributed by atoms with van der Waals surface area (Å²) >= 11 is 1.26. The number of carbonyl (C=O) groups is 2. The third kappa shape index (κ3) is 4.90. The van der Waals surface area contributed by atoms with E-state index in [1.165, 1.54) is 16.9 Å². The van der Waals surface area contributed by atoms with Crippen molar-refractivity contribution >= 4 is 44.9 Å². The number of fused-ring (bicyclic) bond motifs is 1. The van der Waals surface area contributed by atoms with Crippen molar-refractivity contribution in [2.45, 2.75) is 32.8 Å². The first kappa shape index (κ1) is 23.8. The number of urea groups is 1. The molecule has 1 aliphatic rings. The number of para-hydroxylation sites is 1. The monoisotopic (exact) mass is 500 g/mol. The Labute approximate surface area is 213 Å². The van der Waals surface area contributed by atoms with E-state index >= 15 is 0 Å². The summed E-state index contributed by atoms with van der Waals surface area (Å²) in [5.74, 6) is -0.433. The predicted molar refractivity (Wildman–Crippen MR) is 144 cm³/mol. The number of ether oxygens (including phenoxy) is 1. The van der Waals surface area contributed by atoms with Gasteiger partial charge in [0.2, 0.25) is 0 Å². The van der Waals surface area contributed by atoms with Crippen LogP contribution in [0, 0.1) is 13.8 Å². The molecule has 0 atom stereocenters. The number of aromatic nitrogens is 1. The van der Waals surface area contributed by atoms with E-state index in [1.807, 2.05) is 43.3 Å². The Morgan fingerprint density at radius 2 is 1.75 bits per heavy atom. The molecule has 3 N–H and O–H groups in total. The summed E-state index contributed by atoms with van der Waals surface area (Å²) in [7, 11) is 0. The first-order chi connectivity index (χ1) is 17.4. The van der Waals surface area contributed by atoms with Crippen LogP contribution in [0.1, 0.15) is 33.6 Å². The maximum atomic E-state index is 13.0. The first-order valence-corrected chi connectivity index (χ1v) is 12.8. The molecule has 0 saturated carbocycles. The van der Waals surface area contributed by atoms with Gasteiger partial charge >= 0.3 is 12.0 Å². The summed E-state index contributed by atoms with van der Waals surface area (Å²) in [6.45, 7) is 5.07. The second kappa shape index (κ2) is 9.99. The number of carbonyl (C=O) groups excluding carboxylic acids is 2. The summed E-state index contributed by atoms with van der Waals surface area (Å²) < 4.78 is 5.80. The van der Waals surface area contributed by atoms with Crippen LogP contribution >= 0.6 is 11.3 Å². The number of pyridine rings is 1. The molecule has 2 aromatic carbocycles. The summed E-state index contributed by atoms with van der Waals surface area (Å²) in [4.78, 5) is 33.2. The lowest BCUT2D eigenvalue weighted by atomic mass is 10.0. The van der Waals surface area contributed by atoms with E-state index in [1.54, 1.807) is 4.90 Å². The van der Waals surface area contributed by atoms with Crippen LogP contribution in [-0.4, -0.2) is 41.1 Å². The highest BCUT2D eigenvalue weighted by Gasteiger charge is 2.28. The van der Waals surface area contributed by atoms with Crippen molar-refractivity contribution in [1.82, 2.24) is 9.88 Å². The number of likely N-dealkylation sites (tertiary alicyclic amines) is 1. The molecule has 0 unspecified atom stereocenters. The van der Waals surface area contributed by atoms with Gasteiger partial charge in [-0.2, -0.15) is 0 Å². The fourth-order valence-corrected chi connectivity index (χ4v) is 5.36. The zero-order chi connectivity index (χ0) is 25.2. The molecule has 1 saturated heterocycles. The molecule has 3 heterocycles. The molecule has 8 heteroatoms. The Balaban J connectivity index is 1.25. The Kier molecular flexibility index (Phi) is 6.61. The number of amides is 2. The van der Waals surface area contributed by atoms with Crippen LogP contribution < -0.4 is 11.1 Å². The molecule has 0 spiro atoms. The number of nitrogens with one attached hydrogen (secondary N) is 1. The molecule has 7 nitrogen and oxygen atoms in total. The van der Waals surface area contributed by atoms with Crippen molar-refractivity contribution < 1.29 is 14.3 Å². The van der Waals surface area contributed by atoms with E-state index < -0.39 is 5.97 Å². The van der Waals surface area contributed by atoms with E-state index in [2.05, 4.69) is 36.5 Å². The van der Waals surface area contributed by atoms with Gasteiger partial charge in [-0.15, -0.1) is 11.3 Å². The Morgan fingerprint density at radius 1 is 1.06 bits per heavy atom. The Hall–Kier alpha value is -3.91. The average molecular weight is 501 g/mol. The number of thiophene rings is 1. The van der Waals surface area contributed by atoms with Gasteiger partial charge in [0.25, 0.3) is 0 Å². The number of nitrogens with zero attached hydrogens (tertiary/aromatic N) is 2. The van der Waals surface area contributed by atoms with Crippen molar-refractivity contribution in [2.75, 3.05) is 24.1 Å². The molecule has 0 aliphatic carbocycles. The van der Waals surface area contributed by atoms with Crippen LogP contribution in [-0.2, 0) is 4.74 Å². The lowest BCUT2D eigenvalue weighted by molar-refractivity contribution is 0.0164. The quantitative estimate of drug-likeness (QED) is 0.334. The number of nitrogens with two attached hydrogens (primary N) is 1. The molecule has 0 bridgehead atoms. The number of rotatable bonds is 4. The largest absolute Gasteiger partial charge is 0.458 e. The van der Waals surface area contributed by atoms with Crippen LogP contribution in [0.3, 0.4) is 0 Å². The second-order valence-electron chi connectivity index (χ2n) is 9.11. The molecule has 2 amide bonds. The molecular formula is C28H28N4O3S. The molecule has 2 aromatic heterocycles. The van der Waals surface area contributed by atoms with Gasteiger partial charge in [0, 0.05) is 42.6 Å². The van der Waals surface area contributed by atoms with Crippen LogP contribution in [0.15, 0.2) is 60.7 Å². The van der Waals surface area contributed by atoms with E-state index in [4.69, 9.17) is 15.5 Å². The molecule has 1 aliphatic heterocycles. The summed E-state index contributed by atoms with van der Waals surface area (Å²) in [6, 6.07) is 19.4. The molecule has 0 radical (unpaired) electrons. The van der Waals surface area contributed by atoms with Crippen molar-refractivity contribution in [3.8, 4) is 11.3 Å². The van der Waals surface area contributed by atoms with Gasteiger partial charge < -0.3 is 20.7 Å². The zero-order valence-corrected chi connectivity index (χ0v) is 21.1. The highest BCUT2D eigenvalue weighted by Crippen LogP contribution is 2.36. The van der Waals surface area contributed by atoms with Gasteiger partial charge in [-0.3, -0.25) is 0 Å². The minimum absolute atomic E-state index is 0.148. The van der Waals surface area contributed by atoms with Crippen molar-refractivity contribution in [2.24, 2.45) is 0 Å². The summed E-state index contributed by atoms with van der Waals surface area (Å²) in [5.41, 5.74) is 11.6. The number of anilines is 2. The minimum atomic E-state index is -0.433. The first-order valence-electron chi connectivity index (χ1n) is 12.0. The van der Waals surface area contributed by atoms with Gasteiger partial charge in [-0.25, -0.2) is 14.6 Å². The number of nitrogen functional groups attached to an aromatic ring is 1. The average Bonchev–Trinajstić information content (AvgIpc) is 3.20. The smallest absolute Gasteiger partial charge is 0.350 e. The highest BCUT2D eigenvalue weighted by molar-refractivity contribution is 7.21. The maximum Gasteiger partial charge on any atom is 0.350 e. The number of hydrogen-bond donors (Lipinski definition) is 2. The third-order valence-electron chi connectivity index (χ3n) is 6.45. The van der Waals surface area contributed by atoms with Crippen molar-refractivity contribution in [3.05, 3.63) is 76.7 Å². The van der Waals surface area contributed by atoms with E-state index in [9.17, 15) is 9.59 Å². The zero-order valence-electron chi connectivity index (χ0n) is 20.3. The van der Waals surface area contributed by atoms with Crippen molar-refractivity contribution in [3.63, 3.8) is 0 Å². The molecule has 184 valence electrons. The van der Waals surface area contributed by atoms with Crippen LogP contribution in [0.2, 0.25) is 0 Å². The number of aryl methyl sites for hydroxylation is 2. The fraction of sp³-hybridized carbons (Fsp3) is 0.250. The molecule has 36 heavy (non-hydrogen) atoms. The van der Waals surface area contributed by atoms with E-state index in [0.717, 1.165) is 27.9 Å². The SMILES string of the molecule is Cc1ccc(-c2nc3sc(C(=O)OC4CCN(C(=O)Nc5ccccc5)CC4)c(N)c3cc2C)cc1. The minimum Gasteiger partial charge on any atom is -0.458 e. The molecule has 4 aromatic rings. The topological polar surface area (TPSA) is 97.5 Å². The van der Waals surface area contributed by atoms with E-state index in [0.29, 0.717) is 41.3 Å². The predicted octanol–water partition coefficient (Wildman–Crippen LogP) is 6.02. The summed E-state index contributed by atoms with van der Waals surface area (Å²) in [5, 5.41) is 3.67. The Morgan fingerprint density at radius 3 is 2.44 bits per heavy atom. The van der Waals surface area contributed by atoms with E-state index in [-0.39, 0.29) is 12.1 Å². The van der Waals surface area contributed by atoms with Gasteiger partial charge in [-0.1, -0.05) is 48.0 Å². The number of hydrogen-bond acceptors (Lipinski definition) is 6. The van der Waals surface area contributed by atoms with Crippen molar-refractivity contribution in [1.29, 1.82) is 0 Å². The van der Waals surface area contributed by atoms with Crippen LogP contribution in [0.5, 0.6) is 0 Å². The normalized spacial score (nSPS) is 14.1. The molecule has 5 rings (SSSR count). The molecule has 1 fully saturated rings. The van der Waals surface area contributed by atoms with Crippen LogP contribution in [0.4, 0.5) is 16.2 Å². The third-order valence-corrected chi connectivity index (χ3v) is 7.55. The van der Waals surface area contributed by atoms with Gasteiger partial charge in [0.15, 0.2) is 0 Å². The Bertz CT molecular complexity index is 1410. The number of piperidine rings is 1. The lowest BCUT2D eigenvalue weighted by Crippen LogP contribution is -2.43. The standard InChI is InChI=1S/C28H28N4O3S/c1-17-8-10-19(11-9-17)24-18(2)16-22-23(29)25(36-26(22)31-24)27(33)35-21-12-14-32(15-13-21)28(34)30-20-6-4-3-5-7-20/h3-11,16,21H,12-15,29H2,1-2H3,(H,30,34). The van der Waals surface area contributed by atoms with Gasteiger partial charge in [0.1, 0.15) is 15.8 Å². The fourth-order valence-electron chi connectivity index (χ4n) is 4.40. The van der Waals surface area contributed by atoms with Gasteiger partial charge in [0.05, 0.1) is 11.4 Å². The van der Waals surface area contributed by atoms with Crippen LogP contribution in [0.25, 0.3) is 21.5 Å². The lowest BCUT2D eigenvalue weighted by Gasteiger charge is -2.31.